The predicted molar refractivity (Wildman–Crippen MR) is 88.2 cm³/mol. The predicted octanol–water partition coefficient (Wildman–Crippen LogP) is 3.99. The molecule has 3 amide bonds. The van der Waals surface area contributed by atoms with E-state index in [0.29, 0.717) is 5.69 Å². The van der Waals surface area contributed by atoms with Gasteiger partial charge in [-0.1, -0.05) is 23.7 Å². The van der Waals surface area contributed by atoms with E-state index in [1.807, 2.05) is 19.9 Å². The van der Waals surface area contributed by atoms with Gasteiger partial charge in [0.05, 0.1) is 6.42 Å². The van der Waals surface area contributed by atoms with Gasteiger partial charge in [-0.05, 0) is 49.2 Å². The smallest absolute Gasteiger partial charge is 0.308 e. The van der Waals surface area contributed by atoms with Crippen molar-refractivity contribution in [2.75, 3.05) is 5.32 Å². The Kier molecular flexibility index (Phi) is 5.34. The summed E-state index contributed by atoms with van der Waals surface area (Å²) >= 11 is 5.85. The molecule has 2 N–H and O–H groups in total. The number of hydrogen-bond acceptors (Lipinski definition) is 2. The summed E-state index contributed by atoms with van der Waals surface area (Å²) in [5.41, 5.74) is 2.75. The average Bonchev–Trinajstić information content (AvgIpc) is 2.47. The van der Waals surface area contributed by atoms with Crippen LogP contribution in [-0.2, 0) is 11.2 Å². The molecule has 0 saturated heterocycles. The van der Waals surface area contributed by atoms with E-state index >= 15 is 0 Å². The number of aryl methyl sites for hydroxylation is 2. The Morgan fingerprint density at radius 3 is 2.52 bits per heavy atom. The summed E-state index contributed by atoms with van der Waals surface area (Å²) in [6.45, 7) is 3.88. The Hall–Kier alpha value is -2.40. The van der Waals surface area contributed by atoms with Gasteiger partial charge in [0.1, 0.15) is 5.82 Å². The first-order valence-electron chi connectivity index (χ1n) is 6.98. The minimum absolute atomic E-state index is 0.0608. The SMILES string of the molecule is Cc1ccc(NC(=O)NC(=O)Cc2c(F)cccc2Cl)cc1C. The maximum atomic E-state index is 13.6. The molecule has 120 valence electrons. The lowest BCUT2D eigenvalue weighted by molar-refractivity contribution is -0.119. The van der Waals surface area contributed by atoms with Gasteiger partial charge in [0.25, 0.3) is 0 Å². The van der Waals surface area contributed by atoms with Crippen molar-refractivity contribution in [1.82, 2.24) is 5.32 Å². The highest BCUT2D eigenvalue weighted by atomic mass is 35.5. The molecule has 6 heteroatoms. The lowest BCUT2D eigenvalue weighted by Gasteiger charge is -2.09. The fourth-order valence-electron chi connectivity index (χ4n) is 2.01. The highest BCUT2D eigenvalue weighted by Gasteiger charge is 2.14. The van der Waals surface area contributed by atoms with Gasteiger partial charge in [0.15, 0.2) is 0 Å². The molecule has 0 aromatic heterocycles. The van der Waals surface area contributed by atoms with Crippen molar-refractivity contribution in [3.8, 4) is 0 Å². The van der Waals surface area contributed by atoms with E-state index in [2.05, 4.69) is 10.6 Å². The highest BCUT2D eigenvalue weighted by Crippen LogP contribution is 2.19. The molecule has 0 spiro atoms. The largest absolute Gasteiger partial charge is 0.325 e. The molecular formula is C17H16ClFN2O2. The van der Waals surface area contributed by atoms with Gasteiger partial charge < -0.3 is 5.32 Å². The molecule has 2 rings (SSSR count). The number of amides is 3. The van der Waals surface area contributed by atoms with Gasteiger partial charge in [0.2, 0.25) is 5.91 Å². The Morgan fingerprint density at radius 2 is 1.87 bits per heavy atom. The van der Waals surface area contributed by atoms with Gasteiger partial charge in [-0.3, -0.25) is 10.1 Å². The van der Waals surface area contributed by atoms with Crippen LogP contribution in [-0.4, -0.2) is 11.9 Å². The summed E-state index contributed by atoms with van der Waals surface area (Å²) in [4.78, 5) is 23.7. The van der Waals surface area contributed by atoms with Crippen LogP contribution in [0.1, 0.15) is 16.7 Å². The van der Waals surface area contributed by atoms with Gasteiger partial charge in [-0.2, -0.15) is 0 Å². The average molecular weight is 335 g/mol. The minimum atomic E-state index is -0.675. The van der Waals surface area contributed by atoms with Gasteiger partial charge in [0, 0.05) is 16.3 Å². The number of carbonyl (C=O) groups is 2. The lowest BCUT2D eigenvalue weighted by atomic mass is 10.1. The van der Waals surface area contributed by atoms with E-state index in [4.69, 9.17) is 11.6 Å². The Morgan fingerprint density at radius 1 is 1.13 bits per heavy atom. The van der Waals surface area contributed by atoms with E-state index < -0.39 is 17.8 Å². The molecule has 0 heterocycles. The van der Waals surface area contributed by atoms with Crippen LogP contribution < -0.4 is 10.6 Å². The van der Waals surface area contributed by atoms with Crippen molar-refractivity contribution in [1.29, 1.82) is 0 Å². The first kappa shape index (κ1) is 17.0. The quantitative estimate of drug-likeness (QED) is 0.891. The Bertz CT molecular complexity index is 742. The van der Waals surface area contributed by atoms with Crippen LogP contribution in [0.3, 0.4) is 0 Å². The Balaban J connectivity index is 1.97. The summed E-state index contributed by atoms with van der Waals surface area (Å²) in [6.07, 6.45) is -0.314. The number of anilines is 1. The van der Waals surface area contributed by atoms with Gasteiger partial charge in [-0.25, -0.2) is 9.18 Å². The second kappa shape index (κ2) is 7.24. The zero-order chi connectivity index (χ0) is 17.0. The van der Waals surface area contributed by atoms with Crippen LogP contribution in [0.5, 0.6) is 0 Å². The number of imide groups is 1. The molecular weight excluding hydrogens is 319 g/mol. The zero-order valence-electron chi connectivity index (χ0n) is 12.7. The number of urea groups is 1. The molecule has 4 nitrogen and oxygen atoms in total. The molecule has 0 aliphatic heterocycles. The molecule has 0 aliphatic carbocycles. The van der Waals surface area contributed by atoms with E-state index in [9.17, 15) is 14.0 Å². The van der Waals surface area contributed by atoms with Crippen molar-refractivity contribution in [2.24, 2.45) is 0 Å². The maximum Gasteiger partial charge on any atom is 0.325 e. The van der Waals surface area contributed by atoms with E-state index in [1.54, 1.807) is 12.1 Å². The zero-order valence-corrected chi connectivity index (χ0v) is 13.5. The van der Waals surface area contributed by atoms with E-state index in [1.165, 1.54) is 18.2 Å². The highest BCUT2D eigenvalue weighted by molar-refractivity contribution is 6.31. The monoisotopic (exact) mass is 334 g/mol. The van der Waals surface area contributed by atoms with E-state index in [0.717, 1.165) is 11.1 Å². The fourth-order valence-corrected chi connectivity index (χ4v) is 2.24. The second-order valence-corrected chi connectivity index (χ2v) is 5.59. The van der Waals surface area contributed by atoms with Crippen LogP contribution in [0.2, 0.25) is 5.02 Å². The molecule has 0 atom stereocenters. The number of rotatable bonds is 3. The van der Waals surface area contributed by atoms with Crippen LogP contribution >= 0.6 is 11.6 Å². The van der Waals surface area contributed by atoms with Crippen LogP contribution in [0, 0.1) is 19.7 Å². The summed E-state index contributed by atoms with van der Waals surface area (Å²) in [6, 6.07) is 8.88. The first-order valence-corrected chi connectivity index (χ1v) is 7.35. The molecule has 0 unspecified atom stereocenters. The third-order valence-corrected chi connectivity index (χ3v) is 3.77. The Labute approximate surface area is 138 Å². The maximum absolute atomic E-state index is 13.6. The van der Waals surface area contributed by atoms with Crippen molar-refractivity contribution in [3.63, 3.8) is 0 Å². The van der Waals surface area contributed by atoms with Gasteiger partial charge >= 0.3 is 6.03 Å². The van der Waals surface area contributed by atoms with Crippen molar-refractivity contribution in [3.05, 3.63) is 63.9 Å². The number of hydrogen-bond donors (Lipinski definition) is 2. The summed E-state index contributed by atoms with van der Waals surface area (Å²) in [5.74, 6) is -1.22. The topological polar surface area (TPSA) is 58.2 Å². The first-order chi connectivity index (χ1) is 10.9. The minimum Gasteiger partial charge on any atom is -0.308 e. The third-order valence-electron chi connectivity index (χ3n) is 3.42. The molecule has 2 aromatic carbocycles. The van der Waals surface area contributed by atoms with Crippen LogP contribution in [0.15, 0.2) is 36.4 Å². The summed E-state index contributed by atoms with van der Waals surface area (Å²) in [7, 11) is 0. The molecule has 0 bridgehead atoms. The second-order valence-electron chi connectivity index (χ2n) is 5.18. The lowest BCUT2D eigenvalue weighted by Crippen LogP contribution is -2.35. The molecule has 0 saturated carbocycles. The van der Waals surface area contributed by atoms with Crippen molar-refractivity contribution < 1.29 is 14.0 Å². The number of halogens is 2. The molecule has 0 aliphatic rings. The number of nitrogens with one attached hydrogen (secondary N) is 2. The molecule has 2 aromatic rings. The molecule has 23 heavy (non-hydrogen) atoms. The van der Waals surface area contributed by atoms with E-state index in [-0.39, 0.29) is 17.0 Å². The molecule has 0 radical (unpaired) electrons. The van der Waals surface area contributed by atoms with Crippen LogP contribution in [0.25, 0.3) is 0 Å². The molecule has 0 fully saturated rings. The summed E-state index contributed by atoms with van der Waals surface area (Å²) < 4.78 is 13.6. The number of carbonyl (C=O) groups excluding carboxylic acids is 2. The summed E-state index contributed by atoms with van der Waals surface area (Å²) in [5, 5.41) is 4.86. The normalized spacial score (nSPS) is 10.3. The van der Waals surface area contributed by atoms with Crippen LogP contribution in [0.4, 0.5) is 14.9 Å². The number of benzene rings is 2. The standard InChI is InChI=1S/C17H16ClFN2O2/c1-10-6-7-12(8-11(10)2)20-17(23)21-16(22)9-13-14(18)4-3-5-15(13)19/h3-8H,9H2,1-2H3,(H2,20,21,22,23). The van der Waals surface area contributed by atoms with Crippen molar-refractivity contribution >= 4 is 29.2 Å². The van der Waals surface area contributed by atoms with Gasteiger partial charge in [-0.15, -0.1) is 0 Å². The fraction of sp³-hybridized carbons (Fsp3) is 0.176. The van der Waals surface area contributed by atoms with Crippen molar-refractivity contribution in [2.45, 2.75) is 20.3 Å². The third kappa shape index (κ3) is 4.53.